The van der Waals surface area contributed by atoms with Crippen LogP contribution in [0.1, 0.15) is 23.1 Å². The third-order valence-corrected chi connectivity index (χ3v) is 5.87. The fourth-order valence-corrected chi connectivity index (χ4v) is 4.25. The van der Waals surface area contributed by atoms with Crippen LogP contribution >= 0.6 is 23.7 Å². The van der Waals surface area contributed by atoms with Crippen molar-refractivity contribution in [2.45, 2.75) is 19.1 Å². The molecule has 0 aliphatic carbocycles. The van der Waals surface area contributed by atoms with Gasteiger partial charge in [0.1, 0.15) is 11.6 Å². The van der Waals surface area contributed by atoms with Gasteiger partial charge in [0.2, 0.25) is 0 Å². The van der Waals surface area contributed by atoms with Gasteiger partial charge in [-0.05, 0) is 29.1 Å². The van der Waals surface area contributed by atoms with Gasteiger partial charge in [0.15, 0.2) is 0 Å². The molecule has 0 amide bonds. The molecule has 1 unspecified atom stereocenters. The number of imidazole rings is 1. The number of hydrogen-bond acceptors (Lipinski definition) is 5. The zero-order valence-electron chi connectivity index (χ0n) is 15.5. The molecule has 3 aromatic rings. The first-order valence-corrected chi connectivity index (χ1v) is 9.66. The van der Waals surface area contributed by atoms with Crippen LogP contribution in [0.5, 0.6) is 5.75 Å². The fourth-order valence-electron chi connectivity index (χ4n) is 3.50. The van der Waals surface area contributed by atoms with Crippen LogP contribution in [0, 0.1) is 0 Å². The normalized spacial score (nSPS) is 15.1. The molecule has 144 valence electrons. The molecular formula is C20H24ClN3O2S. The Balaban J connectivity index is 0.00000210. The second kappa shape index (κ2) is 8.44. The number of thiophene rings is 1. The second-order valence-electron chi connectivity index (χ2n) is 6.64. The van der Waals surface area contributed by atoms with Crippen molar-refractivity contribution in [1.29, 1.82) is 0 Å². The van der Waals surface area contributed by atoms with Crippen molar-refractivity contribution < 1.29 is 9.84 Å². The number of aromatic nitrogens is 2. The number of ether oxygens (including phenoxy) is 1. The van der Waals surface area contributed by atoms with E-state index < -0.39 is 6.10 Å². The van der Waals surface area contributed by atoms with Gasteiger partial charge in [-0.15, -0.1) is 23.7 Å². The van der Waals surface area contributed by atoms with Gasteiger partial charge in [-0.2, -0.15) is 0 Å². The summed E-state index contributed by atoms with van der Waals surface area (Å²) < 4.78 is 7.38. The second-order valence-corrected chi connectivity index (χ2v) is 7.59. The van der Waals surface area contributed by atoms with E-state index in [2.05, 4.69) is 34.0 Å². The molecular weight excluding hydrogens is 382 g/mol. The largest absolute Gasteiger partial charge is 0.497 e. The first-order chi connectivity index (χ1) is 12.7. The van der Waals surface area contributed by atoms with Gasteiger partial charge in [-0.25, -0.2) is 4.98 Å². The van der Waals surface area contributed by atoms with E-state index in [1.54, 1.807) is 18.4 Å². The van der Waals surface area contributed by atoms with Crippen molar-refractivity contribution in [2.24, 2.45) is 7.05 Å². The Bertz CT molecular complexity index is 878. The molecule has 7 heteroatoms. The fraction of sp³-hybridized carbons (Fsp3) is 0.350. The van der Waals surface area contributed by atoms with E-state index in [0.29, 0.717) is 6.54 Å². The van der Waals surface area contributed by atoms with Crippen molar-refractivity contribution in [2.75, 3.05) is 20.2 Å². The molecule has 2 aromatic heterocycles. The van der Waals surface area contributed by atoms with Crippen LogP contribution in [0.2, 0.25) is 0 Å². The van der Waals surface area contributed by atoms with Crippen molar-refractivity contribution >= 4 is 23.7 Å². The summed E-state index contributed by atoms with van der Waals surface area (Å²) in [6.45, 7) is 2.35. The molecule has 1 atom stereocenters. The standard InChI is InChI=1S/C20H23N3O2S.ClH/c1-22-17-12-23(13-18(24)14-5-7-15(25-2)8-6-14)10-9-16(17)21-20(22)19-4-3-11-26-19;/h3-8,11,18,24H,9-10,12-13H2,1-2H3;1H. The van der Waals surface area contributed by atoms with Gasteiger partial charge in [-0.1, -0.05) is 18.2 Å². The van der Waals surface area contributed by atoms with E-state index in [1.807, 2.05) is 24.3 Å². The van der Waals surface area contributed by atoms with Gasteiger partial charge in [-0.3, -0.25) is 4.90 Å². The van der Waals surface area contributed by atoms with E-state index in [1.165, 1.54) is 16.3 Å². The van der Waals surface area contributed by atoms with Gasteiger partial charge < -0.3 is 14.4 Å². The lowest BCUT2D eigenvalue weighted by molar-refractivity contribution is 0.104. The van der Waals surface area contributed by atoms with E-state index in [9.17, 15) is 5.11 Å². The molecule has 0 bridgehead atoms. The first kappa shape index (κ1) is 19.9. The molecule has 0 spiro atoms. The summed E-state index contributed by atoms with van der Waals surface area (Å²) in [4.78, 5) is 8.36. The molecule has 0 radical (unpaired) electrons. The molecule has 1 aliphatic rings. The molecule has 0 saturated carbocycles. The number of benzene rings is 1. The number of methoxy groups -OCH3 is 1. The van der Waals surface area contributed by atoms with Gasteiger partial charge in [0.05, 0.1) is 29.5 Å². The highest BCUT2D eigenvalue weighted by atomic mass is 35.5. The average Bonchev–Trinajstić information content (AvgIpc) is 3.30. The summed E-state index contributed by atoms with van der Waals surface area (Å²) in [7, 11) is 3.74. The van der Waals surface area contributed by atoms with Crippen LogP contribution in [0.15, 0.2) is 41.8 Å². The summed E-state index contributed by atoms with van der Waals surface area (Å²) in [5.41, 5.74) is 3.36. The highest BCUT2D eigenvalue weighted by Gasteiger charge is 2.25. The Morgan fingerprint density at radius 2 is 2.04 bits per heavy atom. The average molecular weight is 406 g/mol. The van der Waals surface area contributed by atoms with Gasteiger partial charge in [0, 0.05) is 33.1 Å². The Labute approximate surface area is 169 Å². The summed E-state index contributed by atoms with van der Waals surface area (Å²) in [5.74, 6) is 1.85. The van der Waals surface area contributed by atoms with Crippen LogP contribution in [-0.2, 0) is 20.0 Å². The van der Waals surface area contributed by atoms with Crippen LogP contribution in [0.3, 0.4) is 0 Å². The minimum atomic E-state index is -0.507. The SMILES string of the molecule is COc1ccc(C(O)CN2CCc3nc(-c4cccs4)n(C)c3C2)cc1.Cl. The molecule has 1 aliphatic heterocycles. The number of nitrogens with zero attached hydrogens (tertiary/aromatic N) is 3. The lowest BCUT2D eigenvalue weighted by Crippen LogP contribution is -2.34. The number of hydrogen-bond donors (Lipinski definition) is 1. The zero-order valence-corrected chi connectivity index (χ0v) is 17.1. The predicted octanol–water partition coefficient (Wildman–Crippen LogP) is 3.67. The molecule has 27 heavy (non-hydrogen) atoms. The molecule has 1 N–H and O–H groups in total. The number of aliphatic hydroxyl groups excluding tert-OH is 1. The number of halogens is 1. The van der Waals surface area contributed by atoms with Gasteiger partial charge >= 0.3 is 0 Å². The lowest BCUT2D eigenvalue weighted by Gasteiger charge is -2.29. The maximum absolute atomic E-state index is 10.6. The van der Waals surface area contributed by atoms with Crippen molar-refractivity contribution in [1.82, 2.24) is 14.5 Å². The third kappa shape index (κ3) is 4.04. The van der Waals surface area contributed by atoms with E-state index in [4.69, 9.17) is 9.72 Å². The van der Waals surface area contributed by atoms with Crippen LogP contribution in [0.4, 0.5) is 0 Å². The van der Waals surface area contributed by atoms with E-state index in [-0.39, 0.29) is 12.4 Å². The topological polar surface area (TPSA) is 50.5 Å². The number of aliphatic hydroxyl groups is 1. The van der Waals surface area contributed by atoms with Crippen LogP contribution in [-0.4, -0.2) is 39.8 Å². The highest BCUT2D eigenvalue weighted by Crippen LogP contribution is 2.29. The number of β-amino-alcohol motifs (C(OH)–C–C–N with tert-alkyl or cyclic N) is 1. The molecule has 5 nitrogen and oxygen atoms in total. The maximum atomic E-state index is 10.6. The van der Waals surface area contributed by atoms with Crippen molar-refractivity contribution in [3.8, 4) is 16.5 Å². The molecule has 4 rings (SSSR count). The highest BCUT2D eigenvalue weighted by molar-refractivity contribution is 7.13. The molecule has 1 aromatic carbocycles. The van der Waals surface area contributed by atoms with Gasteiger partial charge in [0.25, 0.3) is 0 Å². The third-order valence-electron chi connectivity index (χ3n) is 5.01. The van der Waals surface area contributed by atoms with Crippen LogP contribution in [0.25, 0.3) is 10.7 Å². The first-order valence-electron chi connectivity index (χ1n) is 8.78. The molecule has 3 heterocycles. The van der Waals surface area contributed by atoms with Crippen LogP contribution < -0.4 is 4.74 Å². The zero-order chi connectivity index (χ0) is 18.1. The Morgan fingerprint density at radius 3 is 2.70 bits per heavy atom. The lowest BCUT2D eigenvalue weighted by atomic mass is 10.1. The van der Waals surface area contributed by atoms with Crippen molar-refractivity contribution in [3.05, 3.63) is 58.7 Å². The number of rotatable bonds is 5. The van der Waals surface area contributed by atoms with Crippen molar-refractivity contribution in [3.63, 3.8) is 0 Å². The molecule has 0 fully saturated rings. The maximum Gasteiger partial charge on any atom is 0.150 e. The quantitative estimate of drug-likeness (QED) is 0.703. The Morgan fingerprint density at radius 1 is 1.26 bits per heavy atom. The predicted molar refractivity (Wildman–Crippen MR) is 111 cm³/mol. The summed E-state index contributed by atoms with van der Waals surface area (Å²) in [6.07, 6.45) is 0.414. The number of fused-ring (bicyclic) bond motifs is 1. The summed E-state index contributed by atoms with van der Waals surface area (Å²) >= 11 is 1.72. The molecule has 0 saturated heterocycles. The minimum absolute atomic E-state index is 0. The summed E-state index contributed by atoms with van der Waals surface area (Å²) in [6, 6.07) is 11.8. The Kier molecular flexibility index (Phi) is 6.22. The smallest absolute Gasteiger partial charge is 0.150 e. The van der Waals surface area contributed by atoms with E-state index in [0.717, 1.165) is 36.6 Å². The van der Waals surface area contributed by atoms with E-state index >= 15 is 0 Å². The minimum Gasteiger partial charge on any atom is -0.497 e. The Hall–Kier alpha value is -1.86. The monoisotopic (exact) mass is 405 g/mol. The summed E-state index contributed by atoms with van der Waals surface area (Å²) in [5, 5.41) is 12.7.